The molecule has 1 fully saturated rings. The Balaban J connectivity index is 1.26. The van der Waals surface area contributed by atoms with Crippen LogP contribution >= 0.6 is 0 Å². The highest BCUT2D eigenvalue weighted by Crippen LogP contribution is 2.19. The maximum absolute atomic E-state index is 12.9. The average molecular weight is 407 g/mol. The van der Waals surface area contributed by atoms with Crippen LogP contribution in [-0.4, -0.2) is 52.1 Å². The first-order valence-electron chi connectivity index (χ1n) is 10.3. The van der Waals surface area contributed by atoms with Crippen molar-refractivity contribution in [2.75, 3.05) is 31.6 Å². The Morgan fingerprint density at radius 3 is 2.63 bits per heavy atom. The monoisotopic (exact) mass is 407 g/mol. The molecule has 1 saturated heterocycles. The van der Waals surface area contributed by atoms with Crippen LogP contribution in [0.1, 0.15) is 18.5 Å². The van der Waals surface area contributed by atoms with Crippen LogP contribution in [-0.2, 0) is 0 Å². The van der Waals surface area contributed by atoms with E-state index in [2.05, 4.69) is 25.2 Å². The Hall–Kier alpha value is -3.06. The summed E-state index contributed by atoms with van der Waals surface area (Å²) in [5, 5.41) is 3.57. The van der Waals surface area contributed by atoms with Crippen molar-refractivity contribution in [1.29, 1.82) is 0 Å². The number of ether oxygens (including phenoxy) is 1. The smallest absolute Gasteiger partial charge is 0.180 e. The molecule has 0 bridgehead atoms. The lowest BCUT2D eigenvalue weighted by Crippen LogP contribution is -2.41. The summed E-state index contributed by atoms with van der Waals surface area (Å²) in [5.41, 5.74) is 1.70. The highest BCUT2D eigenvalue weighted by atomic mass is 19.1. The molecule has 156 valence electrons. The maximum Gasteiger partial charge on any atom is 0.180 e. The molecular weight excluding hydrogens is 381 g/mol. The molecule has 7 heteroatoms. The van der Waals surface area contributed by atoms with Crippen molar-refractivity contribution in [3.8, 4) is 17.3 Å². The Morgan fingerprint density at radius 2 is 1.90 bits per heavy atom. The Kier molecular flexibility index (Phi) is 6.49. The summed E-state index contributed by atoms with van der Waals surface area (Å²) < 4.78 is 18.7. The number of anilines is 1. The first-order chi connectivity index (χ1) is 14.7. The Bertz CT molecular complexity index is 944. The van der Waals surface area contributed by atoms with Gasteiger partial charge < -0.3 is 10.1 Å². The van der Waals surface area contributed by atoms with E-state index in [9.17, 15) is 4.39 Å². The molecule has 1 aliphatic rings. The van der Waals surface area contributed by atoms with Gasteiger partial charge in [-0.05, 0) is 56.2 Å². The number of aryl methyl sites for hydroxylation is 1. The normalized spacial score (nSPS) is 15.1. The van der Waals surface area contributed by atoms with Gasteiger partial charge in [0, 0.05) is 43.6 Å². The molecule has 3 heterocycles. The van der Waals surface area contributed by atoms with E-state index in [4.69, 9.17) is 4.74 Å². The van der Waals surface area contributed by atoms with Gasteiger partial charge in [-0.15, -0.1) is 0 Å². The highest BCUT2D eigenvalue weighted by molar-refractivity contribution is 5.53. The molecule has 30 heavy (non-hydrogen) atoms. The first kappa shape index (κ1) is 20.2. The third kappa shape index (κ3) is 5.51. The number of piperidine rings is 1. The van der Waals surface area contributed by atoms with Gasteiger partial charge in [-0.2, -0.15) is 0 Å². The van der Waals surface area contributed by atoms with Crippen LogP contribution < -0.4 is 10.1 Å². The van der Waals surface area contributed by atoms with E-state index in [1.54, 1.807) is 18.3 Å². The number of rotatable bonds is 7. The molecule has 0 atom stereocenters. The number of aromatic nitrogens is 3. The molecule has 6 nitrogen and oxygen atoms in total. The van der Waals surface area contributed by atoms with Crippen molar-refractivity contribution in [2.24, 2.45) is 0 Å². The topological polar surface area (TPSA) is 63.2 Å². The SMILES string of the molecule is Cc1cc(NC2CCN(CCOc3ccc(F)cc3)CC2)nc(-c2ccccn2)n1. The Labute approximate surface area is 176 Å². The van der Waals surface area contributed by atoms with E-state index in [1.807, 2.05) is 31.2 Å². The van der Waals surface area contributed by atoms with Gasteiger partial charge in [0.05, 0.1) is 0 Å². The summed E-state index contributed by atoms with van der Waals surface area (Å²) >= 11 is 0. The zero-order valence-electron chi connectivity index (χ0n) is 17.1. The molecule has 1 N–H and O–H groups in total. The van der Waals surface area contributed by atoms with E-state index < -0.39 is 0 Å². The largest absolute Gasteiger partial charge is 0.492 e. The predicted molar refractivity (Wildman–Crippen MR) is 115 cm³/mol. The van der Waals surface area contributed by atoms with E-state index in [0.29, 0.717) is 24.2 Å². The number of pyridine rings is 1. The van der Waals surface area contributed by atoms with E-state index in [-0.39, 0.29) is 5.82 Å². The van der Waals surface area contributed by atoms with Crippen LogP contribution in [0.25, 0.3) is 11.5 Å². The van der Waals surface area contributed by atoms with Crippen molar-refractivity contribution in [1.82, 2.24) is 19.9 Å². The van der Waals surface area contributed by atoms with Crippen molar-refractivity contribution < 1.29 is 9.13 Å². The fraction of sp³-hybridized carbons (Fsp3) is 0.348. The molecule has 4 rings (SSSR count). The molecule has 2 aromatic heterocycles. The summed E-state index contributed by atoms with van der Waals surface area (Å²) in [5.74, 6) is 1.95. The fourth-order valence-electron chi connectivity index (χ4n) is 3.59. The predicted octanol–water partition coefficient (Wildman–Crippen LogP) is 3.94. The fourth-order valence-corrected chi connectivity index (χ4v) is 3.59. The summed E-state index contributed by atoms with van der Waals surface area (Å²) in [6.07, 6.45) is 3.83. The molecular formula is C23H26FN5O. The number of nitrogens with one attached hydrogen (secondary N) is 1. The van der Waals surface area contributed by atoms with Crippen LogP contribution in [0.5, 0.6) is 5.75 Å². The Morgan fingerprint density at radius 1 is 1.10 bits per heavy atom. The second-order valence-corrected chi connectivity index (χ2v) is 7.50. The molecule has 0 spiro atoms. The van der Waals surface area contributed by atoms with Crippen molar-refractivity contribution >= 4 is 5.82 Å². The molecule has 0 saturated carbocycles. The van der Waals surface area contributed by atoms with Gasteiger partial charge in [-0.3, -0.25) is 9.88 Å². The zero-order valence-corrected chi connectivity index (χ0v) is 17.1. The lowest BCUT2D eigenvalue weighted by atomic mass is 10.1. The van der Waals surface area contributed by atoms with Crippen LogP contribution in [0.2, 0.25) is 0 Å². The number of hydrogen-bond acceptors (Lipinski definition) is 6. The minimum atomic E-state index is -0.247. The van der Waals surface area contributed by atoms with Crippen molar-refractivity contribution in [3.63, 3.8) is 0 Å². The van der Waals surface area contributed by atoms with Crippen LogP contribution in [0, 0.1) is 12.7 Å². The van der Waals surface area contributed by atoms with E-state index in [1.165, 1.54) is 12.1 Å². The van der Waals surface area contributed by atoms with E-state index in [0.717, 1.165) is 49.7 Å². The quantitative estimate of drug-likeness (QED) is 0.640. The summed E-state index contributed by atoms with van der Waals surface area (Å²) in [7, 11) is 0. The van der Waals surface area contributed by atoms with E-state index >= 15 is 0 Å². The van der Waals surface area contributed by atoms with Crippen LogP contribution in [0.3, 0.4) is 0 Å². The van der Waals surface area contributed by atoms with Gasteiger partial charge in [-0.1, -0.05) is 6.07 Å². The van der Waals surface area contributed by atoms with Gasteiger partial charge in [0.1, 0.15) is 29.7 Å². The third-order valence-electron chi connectivity index (χ3n) is 5.18. The number of nitrogens with zero attached hydrogens (tertiary/aromatic N) is 4. The first-order valence-corrected chi connectivity index (χ1v) is 10.3. The molecule has 1 aromatic carbocycles. The van der Waals surface area contributed by atoms with Gasteiger partial charge >= 0.3 is 0 Å². The van der Waals surface area contributed by atoms with Crippen LogP contribution in [0.15, 0.2) is 54.7 Å². The zero-order chi connectivity index (χ0) is 20.8. The summed E-state index contributed by atoms with van der Waals surface area (Å²) in [4.78, 5) is 15.9. The molecule has 1 aliphatic heterocycles. The lowest BCUT2D eigenvalue weighted by molar-refractivity contribution is 0.177. The van der Waals surface area contributed by atoms with Crippen molar-refractivity contribution in [3.05, 3.63) is 66.2 Å². The van der Waals surface area contributed by atoms with Gasteiger partial charge in [-0.25, -0.2) is 14.4 Å². The minimum absolute atomic E-state index is 0.247. The number of likely N-dealkylation sites (tertiary alicyclic amines) is 1. The summed E-state index contributed by atoms with van der Waals surface area (Å²) in [6.45, 7) is 5.44. The number of benzene rings is 1. The maximum atomic E-state index is 12.9. The lowest BCUT2D eigenvalue weighted by Gasteiger charge is -2.32. The third-order valence-corrected chi connectivity index (χ3v) is 5.18. The van der Waals surface area contributed by atoms with Crippen molar-refractivity contribution in [2.45, 2.75) is 25.8 Å². The standard InChI is InChI=1S/C23H26FN5O/c1-17-16-22(28-23(26-17)21-4-2-3-11-25-21)27-19-9-12-29(13-10-19)14-15-30-20-7-5-18(24)6-8-20/h2-8,11,16,19H,9-10,12-15H2,1H3,(H,26,27,28). The highest BCUT2D eigenvalue weighted by Gasteiger charge is 2.19. The van der Waals surface area contributed by atoms with Gasteiger partial charge in [0.25, 0.3) is 0 Å². The molecule has 3 aromatic rings. The number of hydrogen-bond donors (Lipinski definition) is 1. The second-order valence-electron chi connectivity index (χ2n) is 7.50. The van der Waals surface area contributed by atoms with Crippen LogP contribution in [0.4, 0.5) is 10.2 Å². The second kappa shape index (κ2) is 9.63. The van der Waals surface area contributed by atoms with Gasteiger partial charge in [0.2, 0.25) is 0 Å². The van der Waals surface area contributed by atoms with Gasteiger partial charge in [0.15, 0.2) is 5.82 Å². The molecule has 0 aliphatic carbocycles. The molecule has 0 amide bonds. The number of halogens is 1. The average Bonchev–Trinajstić information content (AvgIpc) is 2.77. The molecule has 0 radical (unpaired) electrons. The summed E-state index contributed by atoms with van der Waals surface area (Å²) in [6, 6.07) is 14.3. The molecule has 0 unspecified atom stereocenters. The minimum Gasteiger partial charge on any atom is -0.492 e.